The van der Waals surface area contributed by atoms with Gasteiger partial charge in [-0.25, -0.2) is 9.48 Å². The van der Waals surface area contributed by atoms with E-state index in [1.165, 1.54) is 0 Å². The van der Waals surface area contributed by atoms with Crippen molar-refractivity contribution >= 4 is 11.8 Å². The molecule has 0 bridgehead atoms. The Kier molecular flexibility index (Phi) is 5.02. The normalized spacial score (nSPS) is 10.7. The summed E-state index contributed by atoms with van der Waals surface area (Å²) in [5.74, 6) is -0.714. The standard InChI is InChI=1S/C20H21N3O3/c1-4-22-14(2)12-18(15(22)3)19(24)13-26-20(25)16-6-8-17(9-7-16)23-11-5-10-21-23/h5-12H,4,13H2,1-3H3. The second-order valence-electron chi connectivity index (χ2n) is 6.03. The summed E-state index contributed by atoms with van der Waals surface area (Å²) >= 11 is 0. The molecule has 2 heterocycles. The number of benzene rings is 1. The third-order valence-electron chi connectivity index (χ3n) is 4.40. The van der Waals surface area contributed by atoms with Gasteiger partial charge < -0.3 is 9.30 Å². The van der Waals surface area contributed by atoms with Gasteiger partial charge in [0.1, 0.15) is 0 Å². The third kappa shape index (κ3) is 3.44. The van der Waals surface area contributed by atoms with Crippen LogP contribution in [-0.4, -0.2) is 32.7 Å². The molecule has 0 spiro atoms. The van der Waals surface area contributed by atoms with E-state index in [-0.39, 0.29) is 12.4 Å². The van der Waals surface area contributed by atoms with Crippen LogP contribution >= 0.6 is 0 Å². The number of hydrogen-bond donors (Lipinski definition) is 0. The van der Waals surface area contributed by atoms with Gasteiger partial charge in [0.15, 0.2) is 6.61 Å². The van der Waals surface area contributed by atoms with Crippen molar-refractivity contribution in [2.24, 2.45) is 0 Å². The molecular weight excluding hydrogens is 330 g/mol. The van der Waals surface area contributed by atoms with Gasteiger partial charge in [0.2, 0.25) is 5.78 Å². The van der Waals surface area contributed by atoms with Gasteiger partial charge in [0, 0.05) is 35.9 Å². The molecule has 134 valence electrons. The van der Waals surface area contributed by atoms with Gasteiger partial charge in [-0.05, 0) is 57.2 Å². The van der Waals surface area contributed by atoms with Crippen LogP contribution in [0.25, 0.3) is 5.69 Å². The lowest BCUT2D eigenvalue weighted by atomic mass is 10.1. The van der Waals surface area contributed by atoms with Crippen molar-refractivity contribution in [2.75, 3.05) is 6.61 Å². The molecule has 6 nitrogen and oxygen atoms in total. The Morgan fingerprint density at radius 1 is 1.15 bits per heavy atom. The van der Waals surface area contributed by atoms with Gasteiger partial charge in [-0.2, -0.15) is 5.10 Å². The third-order valence-corrected chi connectivity index (χ3v) is 4.40. The Labute approximate surface area is 152 Å². The number of carbonyl (C=O) groups excluding carboxylic acids is 2. The molecule has 26 heavy (non-hydrogen) atoms. The summed E-state index contributed by atoms with van der Waals surface area (Å²) in [4.78, 5) is 24.6. The molecule has 0 saturated heterocycles. The number of ether oxygens (including phenoxy) is 1. The molecule has 0 fully saturated rings. The minimum atomic E-state index is -0.519. The SMILES string of the molecule is CCn1c(C)cc(C(=O)COC(=O)c2ccc(-n3cccn3)cc2)c1C. The average Bonchev–Trinajstić information content (AvgIpc) is 3.28. The maximum absolute atomic E-state index is 12.4. The van der Waals surface area contributed by atoms with E-state index in [1.54, 1.807) is 35.1 Å². The molecule has 3 aromatic rings. The van der Waals surface area contributed by atoms with Gasteiger partial charge in [-0.1, -0.05) is 0 Å². The van der Waals surface area contributed by atoms with Crippen molar-refractivity contribution in [1.29, 1.82) is 0 Å². The summed E-state index contributed by atoms with van der Waals surface area (Å²) < 4.78 is 8.95. The van der Waals surface area contributed by atoms with Gasteiger partial charge >= 0.3 is 5.97 Å². The van der Waals surface area contributed by atoms with Crippen LogP contribution in [0.1, 0.15) is 39.0 Å². The number of aryl methyl sites for hydroxylation is 1. The first-order valence-corrected chi connectivity index (χ1v) is 8.48. The Morgan fingerprint density at radius 3 is 2.46 bits per heavy atom. The summed E-state index contributed by atoms with van der Waals surface area (Å²) in [6.07, 6.45) is 3.50. The molecule has 0 N–H and O–H groups in total. The van der Waals surface area contributed by atoms with Crippen molar-refractivity contribution in [3.8, 4) is 5.69 Å². The highest BCUT2D eigenvalue weighted by atomic mass is 16.5. The van der Waals surface area contributed by atoms with Crippen LogP contribution in [0.5, 0.6) is 0 Å². The van der Waals surface area contributed by atoms with E-state index < -0.39 is 5.97 Å². The van der Waals surface area contributed by atoms with E-state index in [4.69, 9.17) is 4.74 Å². The minimum Gasteiger partial charge on any atom is -0.454 e. The predicted octanol–water partition coefficient (Wildman–Crippen LogP) is 3.35. The fourth-order valence-corrected chi connectivity index (χ4v) is 3.03. The molecule has 2 aromatic heterocycles. The first kappa shape index (κ1) is 17.7. The van der Waals surface area contributed by atoms with E-state index in [0.717, 1.165) is 23.6 Å². The lowest BCUT2D eigenvalue weighted by Crippen LogP contribution is -2.15. The van der Waals surface area contributed by atoms with E-state index in [1.807, 2.05) is 39.1 Å². The zero-order chi connectivity index (χ0) is 18.7. The minimum absolute atomic E-state index is 0.195. The van der Waals surface area contributed by atoms with Gasteiger partial charge in [0.05, 0.1) is 11.3 Å². The van der Waals surface area contributed by atoms with E-state index in [9.17, 15) is 9.59 Å². The number of hydrogen-bond acceptors (Lipinski definition) is 4. The highest BCUT2D eigenvalue weighted by Crippen LogP contribution is 2.16. The van der Waals surface area contributed by atoms with E-state index in [2.05, 4.69) is 9.67 Å². The zero-order valence-corrected chi connectivity index (χ0v) is 15.1. The molecular formula is C20H21N3O3. The zero-order valence-electron chi connectivity index (χ0n) is 15.1. The van der Waals surface area contributed by atoms with Crippen LogP contribution in [0, 0.1) is 13.8 Å². The molecule has 6 heteroatoms. The van der Waals surface area contributed by atoms with Crippen LogP contribution in [0.4, 0.5) is 0 Å². The lowest BCUT2D eigenvalue weighted by molar-refractivity contribution is 0.0474. The van der Waals surface area contributed by atoms with Gasteiger partial charge in [-0.3, -0.25) is 4.79 Å². The topological polar surface area (TPSA) is 66.1 Å². The molecule has 0 saturated carbocycles. The second-order valence-corrected chi connectivity index (χ2v) is 6.03. The Bertz CT molecular complexity index is 922. The average molecular weight is 351 g/mol. The molecule has 0 amide bonds. The van der Waals surface area contributed by atoms with Crippen LogP contribution < -0.4 is 0 Å². The summed E-state index contributed by atoms with van der Waals surface area (Å²) in [5.41, 5.74) is 3.76. The maximum Gasteiger partial charge on any atom is 0.338 e. The Hall–Kier alpha value is -3.15. The second kappa shape index (κ2) is 7.39. The maximum atomic E-state index is 12.4. The van der Waals surface area contributed by atoms with Crippen LogP contribution in [0.2, 0.25) is 0 Å². The largest absolute Gasteiger partial charge is 0.454 e. The summed E-state index contributed by atoms with van der Waals surface area (Å²) in [5, 5.41) is 4.13. The number of nitrogens with zero attached hydrogens (tertiary/aromatic N) is 3. The van der Waals surface area contributed by atoms with E-state index >= 15 is 0 Å². The Balaban J connectivity index is 1.64. The van der Waals surface area contributed by atoms with Crippen molar-refractivity contribution in [3.05, 3.63) is 71.3 Å². The van der Waals surface area contributed by atoms with Crippen molar-refractivity contribution in [1.82, 2.24) is 14.3 Å². The summed E-state index contributed by atoms with van der Waals surface area (Å²) in [6.45, 7) is 6.42. The molecule has 1 aromatic carbocycles. The first-order valence-electron chi connectivity index (χ1n) is 8.48. The fourth-order valence-electron chi connectivity index (χ4n) is 3.03. The van der Waals surface area contributed by atoms with Gasteiger partial charge in [-0.15, -0.1) is 0 Å². The lowest BCUT2D eigenvalue weighted by Gasteiger charge is -2.07. The van der Waals surface area contributed by atoms with Crippen molar-refractivity contribution < 1.29 is 14.3 Å². The predicted molar refractivity (Wildman–Crippen MR) is 97.8 cm³/mol. The van der Waals surface area contributed by atoms with Gasteiger partial charge in [0.25, 0.3) is 0 Å². The number of Topliss-reactive ketones (excluding diaryl/α,β-unsaturated/α-hetero) is 1. The van der Waals surface area contributed by atoms with E-state index in [0.29, 0.717) is 11.1 Å². The fraction of sp³-hybridized carbons (Fsp3) is 0.250. The van der Waals surface area contributed by atoms with Crippen LogP contribution in [0.3, 0.4) is 0 Å². The molecule has 0 radical (unpaired) electrons. The van der Waals surface area contributed by atoms with Crippen molar-refractivity contribution in [2.45, 2.75) is 27.3 Å². The van der Waals surface area contributed by atoms with Crippen LogP contribution in [0.15, 0.2) is 48.8 Å². The monoisotopic (exact) mass is 351 g/mol. The summed E-state index contributed by atoms with van der Waals surface area (Å²) in [6, 6.07) is 10.5. The molecule has 3 rings (SSSR count). The molecule has 0 aliphatic carbocycles. The smallest absolute Gasteiger partial charge is 0.338 e. The summed E-state index contributed by atoms with van der Waals surface area (Å²) in [7, 11) is 0. The van der Waals surface area contributed by atoms with Crippen molar-refractivity contribution in [3.63, 3.8) is 0 Å². The number of rotatable bonds is 6. The first-order chi connectivity index (χ1) is 12.5. The van der Waals surface area contributed by atoms with Crippen LogP contribution in [-0.2, 0) is 11.3 Å². The number of carbonyl (C=O) groups is 2. The number of aromatic nitrogens is 3. The molecule has 0 aliphatic rings. The molecule has 0 atom stereocenters. The quantitative estimate of drug-likeness (QED) is 0.505. The Morgan fingerprint density at radius 2 is 1.88 bits per heavy atom. The number of ketones is 1. The molecule has 0 aliphatic heterocycles. The number of esters is 1. The highest BCUT2D eigenvalue weighted by Gasteiger charge is 2.17. The highest BCUT2D eigenvalue weighted by molar-refractivity contribution is 6.00. The molecule has 0 unspecified atom stereocenters.